The number of aromatic nitrogens is 3. The zero-order chi connectivity index (χ0) is 17.7. The molecule has 0 amide bonds. The molecule has 1 aromatic heterocycles. The van der Waals surface area contributed by atoms with Crippen molar-refractivity contribution < 1.29 is 4.39 Å². The van der Waals surface area contributed by atoms with Gasteiger partial charge in [0.1, 0.15) is 5.83 Å². The lowest BCUT2D eigenvalue weighted by Gasteiger charge is -2.08. The monoisotopic (exact) mass is 331 g/mol. The van der Waals surface area contributed by atoms with E-state index >= 15 is 0 Å². The zero-order valence-corrected chi connectivity index (χ0v) is 13.3. The predicted molar refractivity (Wildman–Crippen MR) is 90.6 cm³/mol. The van der Waals surface area contributed by atoms with Crippen LogP contribution in [0.3, 0.4) is 0 Å². The number of benzene rings is 1. The third kappa shape index (κ3) is 4.07. The van der Waals surface area contributed by atoms with Gasteiger partial charge in [0.15, 0.2) is 0 Å². The van der Waals surface area contributed by atoms with Crippen LogP contribution < -0.4 is 16.8 Å². The minimum Gasteiger partial charge on any atom is -0.268 e. The van der Waals surface area contributed by atoms with Crippen molar-refractivity contribution >= 4 is 5.57 Å². The molecule has 0 saturated carbocycles. The maximum absolute atomic E-state index is 13.5. The first-order chi connectivity index (χ1) is 11.4. The van der Waals surface area contributed by atoms with Crippen molar-refractivity contribution in [2.24, 2.45) is 0 Å². The van der Waals surface area contributed by atoms with Gasteiger partial charge in [0.05, 0.1) is 0 Å². The molecule has 2 aromatic rings. The third-order valence-electron chi connectivity index (χ3n) is 3.50. The van der Waals surface area contributed by atoms with Crippen LogP contribution in [0.15, 0.2) is 57.1 Å². The Labute approximate surface area is 137 Å². The molecule has 7 heteroatoms. The number of hydrogen-bond acceptors (Lipinski definition) is 3. The summed E-state index contributed by atoms with van der Waals surface area (Å²) in [4.78, 5) is 35.8. The molecule has 0 atom stereocenters. The van der Waals surface area contributed by atoms with Gasteiger partial charge in [0, 0.05) is 12.1 Å². The highest BCUT2D eigenvalue weighted by Gasteiger charge is 2.06. The van der Waals surface area contributed by atoms with Crippen molar-refractivity contribution in [3.63, 3.8) is 0 Å². The molecular formula is C17H18FN3O3. The summed E-state index contributed by atoms with van der Waals surface area (Å²) in [6.07, 6.45) is 2.93. The molecule has 0 aliphatic carbocycles. The molecule has 0 spiro atoms. The van der Waals surface area contributed by atoms with E-state index in [2.05, 4.69) is 11.7 Å². The summed E-state index contributed by atoms with van der Waals surface area (Å²) in [5.74, 6) is -0.484. The van der Waals surface area contributed by atoms with Crippen molar-refractivity contribution in [3.8, 4) is 0 Å². The number of hydrogen-bond donors (Lipinski definition) is 2. The Kier molecular flexibility index (Phi) is 5.47. The average molecular weight is 331 g/mol. The zero-order valence-electron chi connectivity index (χ0n) is 13.3. The highest BCUT2D eigenvalue weighted by Crippen LogP contribution is 2.23. The first kappa shape index (κ1) is 17.4. The van der Waals surface area contributed by atoms with Crippen LogP contribution in [0, 0.1) is 0 Å². The summed E-state index contributed by atoms with van der Waals surface area (Å²) in [5, 5.41) is 2.21. The van der Waals surface area contributed by atoms with E-state index in [-0.39, 0.29) is 6.54 Å². The quantitative estimate of drug-likeness (QED) is 0.624. The molecule has 126 valence electrons. The van der Waals surface area contributed by atoms with Crippen LogP contribution in [-0.4, -0.2) is 14.8 Å². The van der Waals surface area contributed by atoms with Crippen molar-refractivity contribution in [1.29, 1.82) is 0 Å². The maximum Gasteiger partial charge on any atom is 0.343 e. The Morgan fingerprint density at radius 3 is 2.46 bits per heavy atom. The summed E-state index contributed by atoms with van der Waals surface area (Å²) >= 11 is 0. The lowest BCUT2D eigenvalue weighted by atomic mass is 10.0. The van der Waals surface area contributed by atoms with Gasteiger partial charge in [-0.25, -0.2) is 13.9 Å². The fraction of sp³-hybridized carbons (Fsp3) is 0.235. The lowest BCUT2D eigenvalue weighted by Crippen LogP contribution is -2.43. The average Bonchev–Trinajstić information content (AvgIpc) is 2.55. The van der Waals surface area contributed by atoms with E-state index in [9.17, 15) is 18.8 Å². The highest BCUT2D eigenvalue weighted by atomic mass is 19.1. The molecule has 0 aliphatic rings. The third-order valence-corrected chi connectivity index (χ3v) is 3.50. The standard InChI is InChI=1S/C17H18FN3O3/c1-3-4-14(11(2)18)13-7-5-12(6-8-13)9-10-21-17(24)19-15(22)16(23)20-21/h4-8H,2-3,9-10H2,1H3,(H,20,23)(H,19,22,24). The number of nitrogens with one attached hydrogen (secondary N) is 2. The second-order valence-electron chi connectivity index (χ2n) is 5.23. The van der Waals surface area contributed by atoms with E-state index in [4.69, 9.17) is 0 Å². The van der Waals surface area contributed by atoms with Crippen molar-refractivity contribution in [2.75, 3.05) is 0 Å². The Bertz CT molecular complexity index is 933. The number of aryl methyl sites for hydroxylation is 2. The van der Waals surface area contributed by atoms with Gasteiger partial charge in [-0.2, -0.15) is 0 Å². The lowest BCUT2D eigenvalue weighted by molar-refractivity contribution is 0.545. The minimum atomic E-state index is -0.970. The smallest absolute Gasteiger partial charge is 0.268 e. The van der Waals surface area contributed by atoms with Gasteiger partial charge in [-0.1, -0.05) is 43.8 Å². The van der Waals surface area contributed by atoms with Gasteiger partial charge in [0.25, 0.3) is 0 Å². The number of rotatable bonds is 6. The van der Waals surface area contributed by atoms with Gasteiger partial charge < -0.3 is 0 Å². The van der Waals surface area contributed by atoms with Crippen LogP contribution >= 0.6 is 0 Å². The Morgan fingerprint density at radius 2 is 1.88 bits per heavy atom. The van der Waals surface area contributed by atoms with E-state index in [0.717, 1.165) is 15.8 Å². The summed E-state index contributed by atoms with van der Waals surface area (Å²) in [7, 11) is 0. The molecule has 0 bridgehead atoms. The van der Waals surface area contributed by atoms with E-state index in [1.54, 1.807) is 18.2 Å². The molecule has 0 radical (unpaired) electrons. The number of aromatic amines is 2. The normalized spacial score (nSPS) is 11.5. The van der Waals surface area contributed by atoms with Crippen molar-refractivity contribution in [2.45, 2.75) is 26.3 Å². The largest absolute Gasteiger partial charge is 0.343 e. The molecule has 0 aliphatic heterocycles. The van der Waals surface area contributed by atoms with Gasteiger partial charge in [-0.05, 0) is 24.0 Å². The fourth-order valence-corrected chi connectivity index (χ4v) is 2.28. The van der Waals surface area contributed by atoms with Crippen LogP contribution in [0.25, 0.3) is 5.57 Å². The van der Waals surface area contributed by atoms with Crippen LogP contribution in [0.4, 0.5) is 4.39 Å². The fourth-order valence-electron chi connectivity index (χ4n) is 2.28. The summed E-state index contributed by atoms with van der Waals surface area (Å²) < 4.78 is 14.5. The van der Waals surface area contributed by atoms with Gasteiger partial charge in [-0.3, -0.25) is 19.7 Å². The van der Waals surface area contributed by atoms with E-state index in [1.807, 2.05) is 24.0 Å². The number of nitrogens with zero attached hydrogens (tertiary/aromatic N) is 1. The van der Waals surface area contributed by atoms with Crippen LogP contribution in [0.5, 0.6) is 0 Å². The number of allylic oxidation sites excluding steroid dienone is 3. The van der Waals surface area contributed by atoms with Crippen LogP contribution in [-0.2, 0) is 13.0 Å². The van der Waals surface area contributed by atoms with E-state index in [1.165, 1.54) is 0 Å². The minimum absolute atomic E-state index is 0.206. The Balaban J connectivity index is 2.15. The van der Waals surface area contributed by atoms with Crippen LogP contribution in [0.1, 0.15) is 24.5 Å². The first-order valence-electron chi connectivity index (χ1n) is 7.50. The summed E-state index contributed by atoms with van der Waals surface area (Å²) in [5.41, 5.74) is -0.424. The van der Waals surface area contributed by atoms with Gasteiger partial charge in [0.2, 0.25) is 0 Å². The Morgan fingerprint density at radius 1 is 1.21 bits per heavy atom. The van der Waals surface area contributed by atoms with Crippen molar-refractivity contribution in [1.82, 2.24) is 14.8 Å². The molecule has 6 nitrogen and oxygen atoms in total. The first-order valence-corrected chi connectivity index (χ1v) is 7.50. The number of H-pyrrole nitrogens is 2. The topological polar surface area (TPSA) is 87.7 Å². The molecule has 0 fully saturated rings. The predicted octanol–water partition coefficient (Wildman–Crippen LogP) is 1.74. The molecule has 0 unspecified atom stereocenters. The molecule has 2 rings (SSSR count). The SMILES string of the molecule is C=C(F)C(=CCC)c1ccc(CCn2[nH]c(=O)c(=O)[nH]c2=O)cc1. The molecule has 2 N–H and O–H groups in total. The molecule has 0 saturated heterocycles. The second kappa shape index (κ2) is 7.54. The molecule has 1 heterocycles. The molecular weight excluding hydrogens is 313 g/mol. The van der Waals surface area contributed by atoms with Crippen LogP contribution in [0.2, 0.25) is 0 Å². The summed E-state index contributed by atoms with van der Waals surface area (Å²) in [6.45, 7) is 5.46. The maximum atomic E-state index is 13.5. The second-order valence-corrected chi connectivity index (χ2v) is 5.23. The van der Waals surface area contributed by atoms with E-state index in [0.29, 0.717) is 18.4 Å². The Hall–Kier alpha value is -2.96. The van der Waals surface area contributed by atoms with Gasteiger partial charge in [-0.15, -0.1) is 0 Å². The van der Waals surface area contributed by atoms with E-state index < -0.39 is 22.6 Å². The molecule has 1 aromatic carbocycles. The highest BCUT2D eigenvalue weighted by molar-refractivity contribution is 5.76. The van der Waals surface area contributed by atoms with Gasteiger partial charge >= 0.3 is 16.8 Å². The molecule has 24 heavy (non-hydrogen) atoms. The summed E-state index contributed by atoms with van der Waals surface area (Å²) in [6, 6.07) is 7.19. The van der Waals surface area contributed by atoms with Crippen molar-refractivity contribution in [3.05, 3.63) is 85.1 Å². The number of halogens is 1.